The van der Waals surface area contributed by atoms with Gasteiger partial charge in [-0.05, 0) is 0 Å². The van der Waals surface area contributed by atoms with E-state index < -0.39 is 0 Å². The topological polar surface area (TPSA) is 0 Å². The van der Waals surface area contributed by atoms with E-state index in [1.165, 1.54) is 0 Å². The molecule has 0 fully saturated rings. The average molecular weight is 180 g/mol. The molecule has 0 N–H and O–H groups in total. The fourth-order valence-corrected chi connectivity index (χ4v) is 0. The maximum absolute atomic E-state index is 0. The van der Waals surface area contributed by atoms with Crippen LogP contribution < -0.4 is 0 Å². The normalized spacial score (nSPS) is 0. The second-order valence-electron chi connectivity index (χ2n) is 0. The van der Waals surface area contributed by atoms with Gasteiger partial charge in [0.05, 0.1) is 0 Å². The van der Waals surface area contributed by atoms with Crippen molar-refractivity contribution in [2.75, 3.05) is 0 Å². The second kappa shape index (κ2) is 27.0. The molecule has 0 bridgehead atoms. The molecule has 0 spiro atoms. The molecule has 0 aliphatic heterocycles. The molecule has 0 atom stereocenters. The summed E-state index contributed by atoms with van der Waals surface area (Å²) in [6.07, 6.45) is 0. The fraction of sp³-hybridized carbons (Fsp3) is 0. The molecule has 0 saturated carbocycles. The van der Waals surface area contributed by atoms with Crippen molar-refractivity contribution in [1.29, 1.82) is 0 Å². The van der Waals surface area contributed by atoms with Gasteiger partial charge in [-0.15, -0.1) is 0 Å². The van der Waals surface area contributed by atoms with Crippen LogP contribution in [0.1, 0.15) is 0 Å². The minimum Gasteiger partial charge on any atom is 0 e. The van der Waals surface area contributed by atoms with Gasteiger partial charge in [0.25, 0.3) is 0 Å². The Morgan fingerprint density at radius 1 is 0.500 bits per heavy atom. The molecule has 0 heterocycles. The van der Waals surface area contributed by atoms with Crippen LogP contribution in [0.4, 0.5) is 0 Å². The Bertz CT molecular complexity index is 3.25. The zero-order valence-electron chi connectivity index (χ0n) is 1.91. The third kappa shape index (κ3) is 10.2. The molecule has 0 nitrogen and oxygen atoms in total. The molecule has 0 rings (SSSR count). The maximum Gasteiger partial charge on any atom is 0 e. The first-order chi connectivity index (χ1) is 0. The van der Waals surface area contributed by atoms with E-state index in [1.807, 2.05) is 0 Å². The van der Waals surface area contributed by atoms with Crippen molar-refractivity contribution in [3.63, 3.8) is 0 Å². The van der Waals surface area contributed by atoms with Crippen molar-refractivity contribution in [2.45, 2.75) is 0 Å². The van der Waals surface area contributed by atoms with E-state index in [0.717, 1.165) is 0 Å². The summed E-state index contributed by atoms with van der Waals surface area (Å²) in [5.41, 5.74) is 0. The number of rotatable bonds is 0. The Morgan fingerprint density at radius 2 is 0.500 bits per heavy atom. The summed E-state index contributed by atoms with van der Waals surface area (Å²) in [5, 5.41) is 0. The Morgan fingerprint density at radius 3 is 0.500 bits per heavy atom. The van der Waals surface area contributed by atoms with Gasteiger partial charge in [0.1, 0.15) is 0 Å². The summed E-state index contributed by atoms with van der Waals surface area (Å²) in [6, 6.07) is 0. The van der Waals surface area contributed by atoms with E-state index in [4.69, 9.17) is 0 Å². The van der Waals surface area contributed by atoms with Crippen molar-refractivity contribution >= 4 is 32.9 Å². The molecule has 18 valence electrons. The van der Waals surface area contributed by atoms with Gasteiger partial charge in [0.2, 0.25) is 0 Å². The largest absolute Gasteiger partial charge is 0 e. The smallest absolute Gasteiger partial charge is 0 e. The van der Waals surface area contributed by atoms with Gasteiger partial charge in [-0.25, -0.2) is 0 Å². The number of hydrogen-bond acceptors (Lipinski definition) is 0. The first kappa shape index (κ1) is 56.1. The van der Waals surface area contributed by atoms with Crippen LogP contribution in [0, 0.1) is 0 Å². The molecule has 0 amide bonds. The van der Waals surface area contributed by atoms with Gasteiger partial charge in [-0.1, -0.05) is 0 Å². The first-order valence-electron chi connectivity index (χ1n) is 0. The Balaban J connectivity index is 0. The van der Waals surface area contributed by atoms with Gasteiger partial charge in [0.15, 0.2) is 0 Å². The molecule has 0 aromatic rings. The summed E-state index contributed by atoms with van der Waals surface area (Å²) in [4.78, 5) is 0. The van der Waals surface area contributed by atoms with E-state index in [0.29, 0.717) is 0 Å². The monoisotopic (exact) mass is 182 g/mol. The van der Waals surface area contributed by atoms with Crippen LogP contribution in [0.2, 0.25) is 0 Å². The summed E-state index contributed by atoms with van der Waals surface area (Å²) in [6.45, 7) is 0. The molecule has 12 radical (unpaired) electrons. The molecule has 0 aliphatic carbocycles. The van der Waals surface area contributed by atoms with E-state index >= 15 is 0 Å². The summed E-state index contributed by atoms with van der Waals surface area (Å²) in [7, 11) is 0. The van der Waals surface area contributed by atoms with Gasteiger partial charge in [0, 0.05) is 54.0 Å². The molecular weight excluding hydrogens is 180 g/mol. The molecular formula is MoSi3. The number of hydrogen-bond donors (Lipinski definition) is 0. The second-order valence-corrected chi connectivity index (χ2v) is 0. The standard InChI is InChI=1S/Mo.3Si. The average Bonchev–Trinajstić information content (AvgIpc) is 0. The fourth-order valence-electron chi connectivity index (χ4n) is 0. The van der Waals surface area contributed by atoms with Crippen LogP contribution >= 0.6 is 0 Å². The third-order valence-corrected chi connectivity index (χ3v) is 0. The van der Waals surface area contributed by atoms with Crippen molar-refractivity contribution in [3.8, 4) is 0 Å². The SMILES string of the molecule is [Mo].[Si].[Si].[Si]. The summed E-state index contributed by atoms with van der Waals surface area (Å²) in [5.74, 6) is 0. The van der Waals surface area contributed by atoms with Crippen LogP contribution in [-0.4, -0.2) is 32.9 Å². The quantitative estimate of drug-likeness (QED) is 0.413. The zero-order chi connectivity index (χ0) is 0. The molecule has 0 aliphatic rings. The summed E-state index contributed by atoms with van der Waals surface area (Å²) < 4.78 is 0. The van der Waals surface area contributed by atoms with Crippen LogP contribution in [0.3, 0.4) is 0 Å². The minimum absolute atomic E-state index is 0. The molecule has 0 aromatic heterocycles. The van der Waals surface area contributed by atoms with Gasteiger partial charge in [-0.2, -0.15) is 0 Å². The predicted octanol–water partition coefficient (Wildman–Crippen LogP) is -1.14. The Hall–Kier alpha value is 1.34. The van der Waals surface area contributed by atoms with Crippen molar-refractivity contribution < 1.29 is 21.1 Å². The van der Waals surface area contributed by atoms with Crippen LogP contribution in [-0.2, 0) is 21.1 Å². The van der Waals surface area contributed by atoms with Crippen molar-refractivity contribution in [2.24, 2.45) is 0 Å². The van der Waals surface area contributed by atoms with E-state index in [1.54, 1.807) is 0 Å². The van der Waals surface area contributed by atoms with E-state index in [9.17, 15) is 0 Å². The van der Waals surface area contributed by atoms with E-state index in [2.05, 4.69) is 0 Å². The molecule has 4 heteroatoms. The summed E-state index contributed by atoms with van der Waals surface area (Å²) >= 11 is 0. The van der Waals surface area contributed by atoms with E-state index in [-0.39, 0.29) is 54.0 Å². The molecule has 0 saturated heterocycles. The molecule has 4 heavy (non-hydrogen) atoms. The molecule has 0 unspecified atom stereocenters. The van der Waals surface area contributed by atoms with Crippen molar-refractivity contribution in [1.82, 2.24) is 0 Å². The Labute approximate surface area is 54.1 Å². The van der Waals surface area contributed by atoms with Crippen LogP contribution in [0.15, 0.2) is 0 Å². The van der Waals surface area contributed by atoms with Crippen LogP contribution in [0.5, 0.6) is 0 Å². The van der Waals surface area contributed by atoms with Crippen LogP contribution in [0.25, 0.3) is 0 Å². The van der Waals surface area contributed by atoms with Gasteiger partial charge >= 0.3 is 0 Å². The third-order valence-electron chi connectivity index (χ3n) is 0. The van der Waals surface area contributed by atoms with Gasteiger partial charge < -0.3 is 0 Å². The predicted molar refractivity (Wildman–Crippen MR) is 17.3 cm³/mol. The maximum atomic E-state index is 0. The Kier molecular flexibility index (Phi) is 378. The van der Waals surface area contributed by atoms with Crippen molar-refractivity contribution in [3.05, 3.63) is 0 Å². The minimum atomic E-state index is 0. The molecule has 0 aromatic carbocycles. The zero-order valence-corrected chi connectivity index (χ0v) is 6.92. The first-order valence-corrected chi connectivity index (χ1v) is 0. The van der Waals surface area contributed by atoms with Gasteiger partial charge in [-0.3, -0.25) is 0 Å².